The van der Waals surface area contributed by atoms with Gasteiger partial charge < -0.3 is 15.4 Å². The van der Waals surface area contributed by atoms with Crippen LogP contribution in [0.15, 0.2) is 18.2 Å². The van der Waals surface area contributed by atoms with Crippen molar-refractivity contribution in [2.75, 3.05) is 24.7 Å². The van der Waals surface area contributed by atoms with Crippen LogP contribution in [0.3, 0.4) is 0 Å². The molecule has 1 fully saturated rings. The second-order valence-electron chi connectivity index (χ2n) is 3.94. The maximum atomic E-state index is 5.78. The van der Waals surface area contributed by atoms with Gasteiger partial charge in [0.2, 0.25) is 0 Å². The second kappa shape index (κ2) is 3.40. The summed E-state index contributed by atoms with van der Waals surface area (Å²) in [6.45, 7) is 0. The molecular formula is C11H16N2O. The van der Waals surface area contributed by atoms with Crippen molar-refractivity contribution < 1.29 is 4.74 Å². The topological polar surface area (TPSA) is 38.5 Å². The van der Waals surface area contributed by atoms with Gasteiger partial charge in [-0.15, -0.1) is 0 Å². The van der Waals surface area contributed by atoms with Gasteiger partial charge in [-0.25, -0.2) is 0 Å². The number of hydrogen-bond donors (Lipinski definition) is 1. The molecule has 0 amide bonds. The molecule has 1 aliphatic carbocycles. The van der Waals surface area contributed by atoms with Crippen molar-refractivity contribution >= 4 is 11.4 Å². The lowest BCUT2D eigenvalue weighted by Gasteiger charge is -2.18. The first-order valence-corrected chi connectivity index (χ1v) is 4.90. The predicted octanol–water partition coefficient (Wildman–Crippen LogP) is 1.88. The SMILES string of the molecule is CN(C)c1ccc(N)cc1OC1CC1. The second-order valence-corrected chi connectivity index (χ2v) is 3.94. The molecular weight excluding hydrogens is 176 g/mol. The van der Waals surface area contributed by atoms with Gasteiger partial charge in [-0.05, 0) is 25.0 Å². The van der Waals surface area contributed by atoms with Gasteiger partial charge in [0, 0.05) is 25.8 Å². The quantitative estimate of drug-likeness (QED) is 0.743. The normalized spacial score (nSPS) is 15.3. The van der Waals surface area contributed by atoms with Crippen LogP contribution in [-0.4, -0.2) is 20.2 Å². The van der Waals surface area contributed by atoms with Crippen LogP contribution in [0.5, 0.6) is 5.75 Å². The smallest absolute Gasteiger partial charge is 0.145 e. The fourth-order valence-corrected chi connectivity index (χ4v) is 1.36. The molecule has 0 aliphatic heterocycles. The third kappa shape index (κ3) is 1.92. The molecule has 1 aromatic carbocycles. The lowest BCUT2D eigenvalue weighted by Crippen LogP contribution is -2.11. The molecule has 0 unspecified atom stereocenters. The van der Waals surface area contributed by atoms with Crippen LogP contribution in [-0.2, 0) is 0 Å². The standard InChI is InChI=1S/C11H16N2O/c1-13(2)10-6-3-8(12)7-11(10)14-9-4-5-9/h3,6-7,9H,4-5,12H2,1-2H3. The minimum absolute atomic E-state index is 0.412. The Morgan fingerprint density at radius 2 is 2.07 bits per heavy atom. The van der Waals surface area contributed by atoms with Crippen molar-refractivity contribution in [3.05, 3.63) is 18.2 Å². The predicted molar refractivity (Wildman–Crippen MR) is 58.8 cm³/mol. The van der Waals surface area contributed by atoms with E-state index >= 15 is 0 Å². The number of rotatable bonds is 3. The molecule has 0 aromatic heterocycles. The van der Waals surface area contributed by atoms with E-state index in [4.69, 9.17) is 10.5 Å². The van der Waals surface area contributed by atoms with E-state index in [9.17, 15) is 0 Å². The van der Waals surface area contributed by atoms with E-state index in [1.807, 2.05) is 37.2 Å². The van der Waals surface area contributed by atoms with E-state index in [2.05, 4.69) is 0 Å². The molecule has 0 radical (unpaired) electrons. The van der Waals surface area contributed by atoms with Crippen LogP contribution in [0.1, 0.15) is 12.8 Å². The number of hydrogen-bond acceptors (Lipinski definition) is 3. The summed E-state index contributed by atoms with van der Waals surface area (Å²) in [6.07, 6.45) is 2.75. The van der Waals surface area contributed by atoms with Gasteiger partial charge in [-0.3, -0.25) is 0 Å². The Morgan fingerprint density at radius 3 is 2.64 bits per heavy atom. The van der Waals surface area contributed by atoms with Gasteiger partial charge in [-0.1, -0.05) is 0 Å². The highest BCUT2D eigenvalue weighted by molar-refractivity contribution is 5.63. The molecule has 14 heavy (non-hydrogen) atoms. The van der Waals surface area contributed by atoms with Crippen LogP contribution in [0.2, 0.25) is 0 Å². The molecule has 3 nitrogen and oxygen atoms in total. The van der Waals surface area contributed by atoms with Crippen LogP contribution >= 0.6 is 0 Å². The summed E-state index contributed by atoms with van der Waals surface area (Å²) in [5, 5.41) is 0. The Hall–Kier alpha value is -1.38. The summed E-state index contributed by atoms with van der Waals surface area (Å²) in [5.74, 6) is 0.900. The van der Waals surface area contributed by atoms with Gasteiger partial charge in [0.1, 0.15) is 5.75 Å². The molecule has 0 bridgehead atoms. The van der Waals surface area contributed by atoms with Crippen molar-refractivity contribution in [3.63, 3.8) is 0 Å². The third-order valence-electron chi connectivity index (χ3n) is 2.28. The molecule has 0 spiro atoms. The first-order valence-electron chi connectivity index (χ1n) is 4.90. The number of anilines is 2. The highest BCUT2D eigenvalue weighted by Crippen LogP contribution is 2.34. The monoisotopic (exact) mass is 192 g/mol. The molecule has 0 atom stereocenters. The summed E-state index contributed by atoms with van der Waals surface area (Å²) < 4.78 is 5.78. The van der Waals surface area contributed by atoms with E-state index in [-0.39, 0.29) is 0 Å². The zero-order valence-corrected chi connectivity index (χ0v) is 8.66. The molecule has 0 heterocycles. The summed E-state index contributed by atoms with van der Waals surface area (Å²) in [6, 6.07) is 5.79. The largest absolute Gasteiger partial charge is 0.488 e. The first-order chi connectivity index (χ1) is 6.66. The van der Waals surface area contributed by atoms with E-state index in [1.54, 1.807) is 0 Å². The molecule has 76 valence electrons. The van der Waals surface area contributed by atoms with Crippen molar-refractivity contribution in [3.8, 4) is 5.75 Å². The van der Waals surface area contributed by atoms with Crippen LogP contribution in [0.25, 0.3) is 0 Å². The summed E-state index contributed by atoms with van der Waals surface area (Å²) >= 11 is 0. The molecule has 1 saturated carbocycles. The van der Waals surface area contributed by atoms with Gasteiger partial charge in [0.15, 0.2) is 0 Å². The van der Waals surface area contributed by atoms with Crippen molar-refractivity contribution in [2.24, 2.45) is 0 Å². The lowest BCUT2D eigenvalue weighted by atomic mass is 10.2. The first kappa shape index (κ1) is 9.19. The number of benzene rings is 1. The van der Waals surface area contributed by atoms with Crippen LogP contribution < -0.4 is 15.4 Å². The number of nitrogens with zero attached hydrogens (tertiary/aromatic N) is 1. The molecule has 2 N–H and O–H groups in total. The molecule has 1 aromatic rings. The Kier molecular flexibility index (Phi) is 2.23. The van der Waals surface area contributed by atoms with Crippen LogP contribution in [0, 0.1) is 0 Å². The van der Waals surface area contributed by atoms with Gasteiger partial charge in [0.05, 0.1) is 11.8 Å². The maximum absolute atomic E-state index is 5.78. The fourth-order valence-electron chi connectivity index (χ4n) is 1.36. The average Bonchev–Trinajstić information content (AvgIpc) is 2.87. The Balaban J connectivity index is 2.27. The van der Waals surface area contributed by atoms with Crippen molar-refractivity contribution in [1.82, 2.24) is 0 Å². The van der Waals surface area contributed by atoms with E-state index in [1.165, 1.54) is 12.8 Å². The average molecular weight is 192 g/mol. The van der Waals surface area contributed by atoms with E-state index in [0.29, 0.717) is 6.10 Å². The minimum Gasteiger partial charge on any atom is -0.488 e. The van der Waals surface area contributed by atoms with E-state index in [0.717, 1.165) is 17.1 Å². The van der Waals surface area contributed by atoms with E-state index < -0.39 is 0 Å². The summed E-state index contributed by atoms with van der Waals surface area (Å²) in [4.78, 5) is 2.04. The number of nitrogen functional groups attached to an aromatic ring is 1. The van der Waals surface area contributed by atoms with Gasteiger partial charge in [-0.2, -0.15) is 0 Å². The third-order valence-corrected chi connectivity index (χ3v) is 2.28. The Bertz CT molecular complexity index is 332. The molecule has 0 saturated heterocycles. The summed E-state index contributed by atoms with van der Waals surface area (Å²) in [7, 11) is 4.01. The van der Waals surface area contributed by atoms with Crippen molar-refractivity contribution in [2.45, 2.75) is 18.9 Å². The van der Waals surface area contributed by atoms with Crippen LogP contribution in [0.4, 0.5) is 11.4 Å². The number of ether oxygens (including phenoxy) is 1. The fraction of sp³-hybridized carbons (Fsp3) is 0.455. The maximum Gasteiger partial charge on any atom is 0.145 e. The zero-order chi connectivity index (χ0) is 10.1. The highest BCUT2D eigenvalue weighted by atomic mass is 16.5. The van der Waals surface area contributed by atoms with Gasteiger partial charge >= 0.3 is 0 Å². The minimum atomic E-state index is 0.412. The summed E-state index contributed by atoms with van der Waals surface area (Å²) in [5.41, 5.74) is 7.57. The van der Waals surface area contributed by atoms with Gasteiger partial charge in [0.25, 0.3) is 0 Å². The molecule has 2 rings (SSSR count). The molecule has 1 aliphatic rings. The number of nitrogens with two attached hydrogens (primary N) is 1. The zero-order valence-electron chi connectivity index (χ0n) is 8.66. The Labute approximate surface area is 84.5 Å². The van der Waals surface area contributed by atoms with Crippen molar-refractivity contribution in [1.29, 1.82) is 0 Å². The lowest BCUT2D eigenvalue weighted by molar-refractivity contribution is 0.304. The highest BCUT2D eigenvalue weighted by Gasteiger charge is 2.24. The Morgan fingerprint density at radius 1 is 1.36 bits per heavy atom. The molecule has 3 heteroatoms.